The van der Waals surface area contributed by atoms with Crippen LogP contribution in [0.25, 0.3) is 5.69 Å². The quantitative estimate of drug-likeness (QED) is 0.540. The fourth-order valence-corrected chi connectivity index (χ4v) is 2.82. The lowest BCUT2D eigenvalue weighted by molar-refractivity contribution is -0.121. The molecule has 152 valence electrons. The van der Waals surface area contributed by atoms with Crippen molar-refractivity contribution in [2.24, 2.45) is 0 Å². The van der Waals surface area contributed by atoms with Gasteiger partial charge in [-0.15, -0.1) is 0 Å². The van der Waals surface area contributed by atoms with Gasteiger partial charge in [-0.3, -0.25) is 9.78 Å². The Balaban J connectivity index is 1.67. The molecule has 9 heteroatoms. The van der Waals surface area contributed by atoms with Gasteiger partial charge >= 0.3 is 5.97 Å². The topological polar surface area (TPSA) is 101 Å². The Labute approximate surface area is 178 Å². The molecule has 0 atom stereocenters. The summed E-state index contributed by atoms with van der Waals surface area (Å²) in [6, 6.07) is 10.7. The van der Waals surface area contributed by atoms with Gasteiger partial charge in [-0.25, -0.2) is 9.48 Å². The van der Waals surface area contributed by atoms with Gasteiger partial charge < -0.3 is 9.64 Å². The van der Waals surface area contributed by atoms with Crippen molar-refractivity contribution >= 4 is 29.2 Å². The van der Waals surface area contributed by atoms with E-state index in [0.29, 0.717) is 16.4 Å². The number of benzene rings is 1. The summed E-state index contributed by atoms with van der Waals surface area (Å²) in [5.41, 5.74) is 2.27. The molecule has 8 nitrogen and oxygen atoms in total. The van der Waals surface area contributed by atoms with E-state index in [-0.39, 0.29) is 18.5 Å². The molecule has 1 aromatic carbocycles. The maximum atomic E-state index is 12.7. The molecule has 2 heterocycles. The Morgan fingerprint density at radius 2 is 2.13 bits per heavy atom. The van der Waals surface area contributed by atoms with E-state index in [1.165, 1.54) is 22.0 Å². The van der Waals surface area contributed by atoms with Gasteiger partial charge in [0.25, 0.3) is 5.91 Å². The van der Waals surface area contributed by atoms with Gasteiger partial charge in [-0.1, -0.05) is 11.6 Å². The Hall–Kier alpha value is -3.70. The highest BCUT2D eigenvalue weighted by Gasteiger charge is 2.19. The van der Waals surface area contributed by atoms with Crippen LogP contribution in [-0.4, -0.2) is 39.8 Å². The van der Waals surface area contributed by atoms with Crippen LogP contribution in [-0.2, 0) is 9.53 Å². The smallest absolute Gasteiger partial charge is 0.341 e. The molecule has 0 aliphatic rings. The summed E-state index contributed by atoms with van der Waals surface area (Å²) in [4.78, 5) is 30.4. The minimum absolute atomic E-state index is 0.138. The number of anilines is 1. The van der Waals surface area contributed by atoms with E-state index in [0.717, 1.165) is 5.56 Å². The first-order valence-corrected chi connectivity index (χ1v) is 9.43. The van der Waals surface area contributed by atoms with Gasteiger partial charge in [-0.05, 0) is 42.8 Å². The lowest BCUT2D eigenvalue weighted by Crippen LogP contribution is -2.35. The molecule has 0 saturated heterocycles. The fraction of sp³-hybridized carbons (Fsp3) is 0.190. The number of carbonyl (C=O) groups excluding carboxylic acids is 2. The molecule has 0 aliphatic carbocycles. The zero-order valence-electron chi connectivity index (χ0n) is 16.2. The second-order valence-corrected chi connectivity index (χ2v) is 6.76. The van der Waals surface area contributed by atoms with Gasteiger partial charge in [0.1, 0.15) is 0 Å². The predicted octanol–water partition coefficient (Wildman–Crippen LogP) is 3.33. The van der Waals surface area contributed by atoms with Gasteiger partial charge in [-0.2, -0.15) is 10.4 Å². The molecule has 0 bridgehead atoms. The van der Waals surface area contributed by atoms with Crippen LogP contribution in [0, 0.1) is 18.3 Å². The van der Waals surface area contributed by atoms with Crippen molar-refractivity contribution in [2.75, 3.05) is 18.1 Å². The normalized spacial score (nSPS) is 10.3. The van der Waals surface area contributed by atoms with Crippen LogP contribution in [0.15, 0.2) is 55.1 Å². The molecule has 2 aromatic heterocycles. The van der Waals surface area contributed by atoms with Gasteiger partial charge in [0.15, 0.2) is 6.61 Å². The third kappa shape index (κ3) is 5.01. The van der Waals surface area contributed by atoms with Crippen LogP contribution < -0.4 is 4.90 Å². The summed E-state index contributed by atoms with van der Waals surface area (Å²) in [6.45, 7) is 1.52. The number of esters is 1. The number of pyridine rings is 1. The molecule has 0 N–H and O–H groups in total. The molecule has 0 saturated carbocycles. The van der Waals surface area contributed by atoms with Crippen molar-refractivity contribution in [3.63, 3.8) is 0 Å². The molecule has 30 heavy (non-hydrogen) atoms. The minimum atomic E-state index is -0.675. The molecule has 0 spiro atoms. The van der Waals surface area contributed by atoms with Crippen molar-refractivity contribution in [2.45, 2.75) is 13.3 Å². The van der Waals surface area contributed by atoms with Crippen molar-refractivity contribution in [1.29, 1.82) is 5.26 Å². The minimum Gasteiger partial charge on any atom is -0.452 e. The number of aryl methyl sites for hydroxylation is 1. The van der Waals surface area contributed by atoms with Crippen LogP contribution in [0.5, 0.6) is 0 Å². The summed E-state index contributed by atoms with van der Waals surface area (Å²) in [7, 11) is 0. The first kappa shape index (κ1) is 21.0. The maximum absolute atomic E-state index is 12.7. The fourth-order valence-electron chi connectivity index (χ4n) is 2.70. The number of amides is 1. The number of hydrogen-bond donors (Lipinski definition) is 0. The van der Waals surface area contributed by atoms with E-state index in [9.17, 15) is 9.59 Å². The Kier molecular flexibility index (Phi) is 6.78. The lowest BCUT2D eigenvalue weighted by Gasteiger charge is -2.22. The lowest BCUT2D eigenvalue weighted by atomic mass is 10.2. The molecular weight excluding hydrogens is 406 g/mol. The zero-order chi connectivity index (χ0) is 21.5. The highest BCUT2D eigenvalue weighted by molar-refractivity contribution is 6.31. The van der Waals surface area contributed by atoms with Gasteiger partial charge in [0.05, 0.1) is 36.1 Å². The molecular formula is C21H18ClN5O3. The van der Waals surface area contributed by atoms with E-state index >= 15 is 0 Å². The summed E-state index contributed by atoms with van der Waals surface area (Å²) < 4.78 is 6.65. The number of nitriles is 1. The van der Waals surface area contributed by atoms with Gasteiger partial charge in [0.2, 0.25) is 0 Å². The van der Waals surface area contributed by atoms with Gasteiger partial charge in [0, 0.05) is 29.6 Å². The second kappa shape index (κ2) is 9.67. The summed E-state index contributed by atoms with van der Waals surface area (Å²) in [5, 5.41) is 13.6. The molecule has 1 amide bonds. The van der Waals surface area contributed by atoms with Crippen molar-refractivity contribution in [3.8, 4) is 11.8 Å². The maximum Gasteiger partial charge on any atom is 0.341 e. The predicted molar refractivity (Wildman–Crippen MR) is 110 cm³/mol. The van der Waals surface area contributed by atoms with E-state index < -0.39 is 18.5 Å². The number of halogens is 1. The van der Waals surface area contributed by atoms with Crippen molar-refractivity contribution in [1.82, 2.24) is 14.8 Å². The molecule has 0 fully saturated rings. The molecule has 0 radical (unpaired) electrons. The molecule has 3 aromatic rings. The monoisotopic (exact) mass is 423 g/mol. The standard InChI is InChI=1S/C21H18ClN5O3/c1-15-10-17(5-6-19(15)22)26(9-3-7-23)20(28)14-30-21(29)16-11-25-27(13-16)18-4-2-8-24-12-18/h2,4-6,8,10-13H,3,9,14H2,1H3. The largest absolute Gasteiger partial charge is 0.452 e. The molecule has 0 unspecified atom stereocenters. The Bertz CT molecular complexity index is 1090. The number of carbonyl (C=O) groups is 2. The molecule has 0 aliphatic heterocycles. The van der Waals surface area contributed by atoms with E-state index in [1.54, 1.807) is 42.7 Å². The third-order valence-corrected chi connectivity index (χ3v) is 4.68. The van der Waals surface area contributed by atoms with Crippen molar-refractivity contribution in [3.05, 3.63) is 71.3 Å². The summed E-state index contributed by atoms with van der Waals surface area (Å²) >= 11 is 6.05. The van der Waals surface area contributed by atoms with E-state index in [2.05, 4.69) is 10.1 Å². The van der Waals surface area contributed by atoms with Crippen LogP contribution in [0.1, 0.15) is 22.3 Å². The first-order valence-electron chi connectivity index (χ1n) is 9.05. The number of nitrogens with zero attached hydrogens (tertiary/aromatic N) is 5. The van der Waals surface area contributed by atoms with Crippen LogP contribution in [0.3, 0.4) is 0 Å². The Morgan fingerprint density at radius 3 is 2.83 bits per heavy atom. The highest BCUT2D eigenvalue weighted by atomic mass is 35.5. The SMILES string of the molecule is Cc1cc(N(CCC#N)C(=O)COC(=O)c2cnn(-c3cccnc3)c2)ccc1Cl. The average molecular weight is 424 g/mol. The summed E-state index contributed by atoms with van der Waals surface area (Å²) in [6.07, 6.45) is 6.23. The average Bonchev–Trinajstić information content (AvgIpc) is 3.26. The first-order chi connectivity index (χ1) is 14.5. The zero-order valence-corrected chi connectivity index (χ0v) is 16.9. The van der Waals surface area contributed by atoms with Crippen LogP contribution in [0.2, 0.25) is 5.02 Å². The number of hydrogen-bond acceptors (Lipinski definition) is 6. The second-order valence-electron chi connectivity index (χ2n) is 6.35. The number of rotatable bonds is 7. The third-order valence-electron chi connectivity index (χ3n) is 4.26. The Morgan fingerprint density at radius 1 is 1.30 bits per heavy atom. The number of aromatic nitrogens is 3. The highest BCUT2D eigenvalue weighted by Crippen LogP contribution is 2.23. The van der Waals surface area contributed by atoms with Crippen LogP contribution >= 0.6 is 11.6 Å². The van der Waals surface area contributed by atoms with E-state index in [4.69, 9.17) is 21.6 Å². The molecule has 3 rings (SSSR count). The summed E-state index contributed by atoms with van der Waals surface area (Å²) in [5.74, 6) is -1.12. The number of ether oxygens (including phenoxy) is 1. The van der Waals surface area contributed by atoms with Crippen molar-refractivity contribution < 1.29 is 14.3 Å². The van der Waals surface area contributed by atoms with E-state index in [1.807, 2.05) is 13.0 Å². The van der Waals surface area contributed by atoms with Crippen LogP contribution in [0.4, 0.5) is 5.69 Å².